The van der Waals surface area contributed by atoms with Crippen LogP contribution < -0.4 is 4.90 Å². The maximum absolute atomic E-state index is 13.3. The topological polar surface area (TPSA) is 76.5 Å². The molecule has 1 saturated heterocycles. The number of hydrogen-bond donors (Lipinski definition) is 1. The predicted octanol–water partition coefficient (Wildman–Crippen LogP) is 2.69. The molecule has 2 heterocycles. The second-order valence-electron chi connectivity index (χ2n) is 9.29. The number of hydrogen-bond acceptors (Lipinski definition) is 7. The Bertz CT molecular complexity index is 910. The van der Waals surface area contributed by atoms with Gasteiger partial charge in [0.25, 0.3) is 0 Å². The summed E-state index contributed by atoms with van der Waals surface area (Å²) in [6.07, 6.45) is 2.25. The first-order valence-corrected chi connectivity index (χ1v) is 11.5. The quantitative estimate of drug-likeness (QED) is 0.763. The predicted molar refractivity (Wildman–Crippen MR) is 118 cm³/mol. The molecule has 3 rings (SSSR count). The molecule has 0 amide bonds. The number of aliphatic imine (C=N–C) groups is 1. The fraction of sp³-hybridized carbons (Fsp3) is 0.571. The van der Waals surface area contributed by atoms with E-state index in [2.05, 4.69) is 30.6 Å². The first-order chi connectivity index (χ1) is 13.5. The van der Waals surface area contributed by atoms with Gasteiger partial charge in [-0.1, -0.05) is 39.0 Å². The summed E-state index contributed by atoms with van der Waals surface area (Å²) in [4.78, 5) is 9.20. The van der Waals surface area contributed by atoms with Crippen LogP contribution in [0.5, 0.6) is 0 Å². The van der Waals surface area contributed by atoms with Gasteiger partial charge in [-0.3, -0.25) is 0 Å². The van der Waals surface area contributed by atoms with Crippen molar-refractivity contribution < 1.29 is 13.6 Å². The van der Waals surface area contributed by atoms with Crippen LogP contribution in [0.25, 0.3) is 4.91 Å². The van der Waals surface area contributed by atoms with Gasteiger partial charge in [-0.05, 0) is 25.6 Å². The van der Waals surface area contributed by atoms with Crippen molar-refractivity contribution in [3.63, 3.8) is 0 Å². The molecule has 2 aliphatic heterocycles. The van der Waals surface area contributed by atoms with Crippen molar-refractivity contribution in [2.45, 2.75) is 32.4 Å². The highest BCUT2D eigenvalue weighted by Gasteiger charge is 2.41. The minimum absolute atomic E-state index is 0.00667. The van der Waals surface area contributed by atoms with E-state index < -0.39 is 15.1 Å². The molecule has 1 fully saturated rings. The lowest BCUT2D eigenvalue weighted by atomic mass is 9.91. The van der Waals surface area contributed by atoms with Crippen LogP contribution in [0.1, 0.15) is 32.8 Å². The maximum Gasteiger partial charge on any atom is 0.186 e. The highest BCUT2D eigenvalue weighted by atomic mass is 32.2. The lowest BCUT2D eigenvalue weighted by Crippen LogP contribution is -2.52. The zero-order valence-corrected chi connectivity index (χ0v) is 18.8. The Morgan fingerprint density at radius 3 is 2.45 bits per heavy atom. The van der Waals surface area contributed by atoms with Gasteiger partial charge in [0.2, 0.25) is 0 Å². The Labute approximate surface area is 174 Å². The number of sulfone groups is 1. The van der Waals surface area contributed by atoms with Crippen molar-refractivity contribution >= 4 is 26.3 Å². The van der Waals surface area contributed by atoms with Crippen LogP contribution in [0.15, 0.2) is 35.5 Å². The number of likely N-dealkylation sites (N-methyl/N-ethyl adjacent to an activating group) is 1. The number of nitrogens with zero attached hydrogens (tertiary/aromatic N) is 4. The van der Waals surface area contributed by atoms with E-state index in [0.717, 1.165) is 29.6 Å². The van der Waals surface area contributed by atoms with Crippen molar-refractivity contribution in [1.29, 1.82) is 0 Å². The third kappa shape index (κ3) is 4.88. The van der Waals surface area contributed by atoms with Crippen molar-refractivity contribution in [3.05, 3.63) is 36.0 Å². The third-order valence-electron chi connectivity index (χ3n) is 5.14. The summed E-state index contributed by atoms with van der Waals surface area (Å²) in [6, 6.07) is 7.62. The Balaban J connectivity index is 2.09. The average molecular weight is 421 g/mol. The number of anilines is 1. The van der Waals surface area contributed by atoms with E-state index in [0.29, 0.717) is 12.1 Å². The highest BCUT2D eigenvalue weighted by molar-refractivity contribution is 8.01. The zero-order valence-electron chi connectivity index (χ0n) is 18.0. The van der Waals surface area contributed by atoms with Gasteiger partial charge in [0.1, 0.15) is 5.84 Å². The fourth-order valence-corrected chi connectivity index (χ4v) is 5.29. The van der Waals surface area contributed by atoms with Crippen molar-refractivity contribution in [2.24, 2.45) is 10.4 Å². The molecule has 0 saturated carbocycles. The average Bonchev–Trinajstić information content (AvgIpc) is 2.73. The minimum atomic E-state index is -3.60. The third-order valence-corrected chi connectivity index (χ3v) is 7.25. The molecule has 0 radical (unpaired) electrons. The van der Waals surface area contributed by atoms with Crippen molar-refractivity contribution in [3.8, 4) is 0 Å². The van der Waals surface area contributed by atoms with E-state index in [1.807, 2.05) is 38.4 Å². The number of rotatable bonds is 6. The molecule has 0 spiro atoms. The molecule has 1 aromatic rings. The molecule has 0 atom stereocenters. The van der Waals surface area contributed by atoms with Crippen LogP contribution in [0.2, 0.25) is 0 Å². The summed E-state index contributed by atoms with van der Waals surface area (Å²) in [6.45, 7) is 8.26. The molecule has 160 valence electrons. The van der Waals surface area contributed by atoms with Crippen LogP contribution in [0, 0.1) is 5.41 Å². The fourth-order valence-electron chi connectivity index (χ4n) is 3.51. The molecule has 8 heteroatoms. The maximum atomic E-state index is 13.3. The highest BCUT2D eigenvalue weighted by Crippen LogP contribution is 2.37. The van der Waals surface area contributed by atoms with Gasteiger partial charge in [0, 0.05) is 44.4 Å². The second-order valence-corrected chi connectivity index (χ2v) is 11.5. The van der Waals surface area contributed by atoms with Gasteiger partial charge in [0.05, 0.1) is 15.8 Å². The Morgan fingerprint density at radius 1 is 1.21 bits per heavy atom. The van der Waals surface area contributed by atoms with E-state index in [4.69, 9.17) is 4.99 Å². The molecule has 0 aliphatic carbocycles. The summed E-state index contributed by atoms with van der Waals surface area (Å²) in [5, 5.41) is 9.89. The summed E-state index contributed by atoms with van der Waals surface area (Å²) in [7, 11) is 0.445. The summed E-state index contributed by atoms with van der Waals surface area (Å²) in [5.74, 6) is 0.870. The number of fused-ring (bicyclic) bond motifs is 1. The monoisotopic (exact) mass is 420 g/mol. The summed E-state index contributed by atoms with van der Waals surface area (Å²) in [5.41, 5.74) is 1.55. The van der Waals surface area contributed by atoms with Gasteiger partial charge in [-0.2, -0.15) is 5.06 Å². The van der Waals surface area contributed by atoms with Crippen LogP contribution in [-0.2, 0) is 9.84 Å². The molecule has 0 unspecified atom stereocenters. The zero-order chi connectivity index (χ0) is 21.4. The Kier molecular flexibility index (Phi) is 6.19. The number of para-hydroxylation sites is 1. The minimum Gasteiger partial charge on any atom is -0.328 e. The molecule has 0 aromatic heterocycles. The van der Waals surface area contributed by atoms with Gasteiger partial charge >= 0.3 is 0 Å². The van der Waals surface area contributed by atoms with E-state index in [9.17, 15) is 13.6 Å². The molecular weight excluding hydrogens is 388 g/mol. The molecule has 2 aliphatic rings. The van der Waals surface area contributed by atoms with Gasteiger partial charge in [0.15, 0.2) is 9.84 Å². The lowest BCUT2D eigenvalue weighted by Gasteiger charge is -2.34. The normalized spacial score (nSPS) is 18.8. The number of benzene rings is 1. The van der Waals surface area contributed by atoms with Gasteiger partial charge in [-0.15, -0.1) is 0 Å². The molecule has 7 nitrogen and oxygen atoms in total. The Hall–Kier alpha value is -1.74. The van der Waals surface area contributed by atoms with Crippen molar-refractivity contribution in [1.82, 2.24) is 9.96 Å². The first kappa shape index (κ1) is 22.0. The first-order valence-electron chi connectivity index (χ1n) is 9.95. The van der Waals surface area contributed by atoms with E-state index >= 15 is 0 Å². The molecule has 0 bridgehead atoms. The van der Waals surface area contributed by atoms with Gasteiger partial charge in [-0.25, -0.2) is 13.4 Å². The molecular formula is C21H32N4O3S. The number of hydroxylamine groups is 2. The molecule has 1 N–H and O–H groups in total. The standard InChI is InChI=1S/C21H32N4O3S/c1-21(2,3)12-20-22-13-19(29(27,28)16-14-24(26)15-16)17-8-6-7-9-18(17)25(20)11-10-23(4)5/h6-9,13,16,26H,10-12,14-15H2,1-5H3. The summed E-state index contributed by atoms with van der Waals surface area (Å²) >= 11 is 0. The van der Waals surface area contributed by atoms with Crippen LogP contribution in [0.3, 0.4) is 0 Å². The second kappa shape index (κ2) is 8.18. The van der Waals surface area contributed by atoms with E-state index in [1.54, 1.807) is 0 Å². The summed E-state index contributed by atoms with van der Waals surface area (Å²) < 4.78 is 26.6. The van der Waals surface area contributed by atoms with Crippen LogP contribution >= 0.6 is 0 Å². The van der Waals surface area contributed by atoms with Crippen molar-refractivity contribution in [2.75, 3.05) is 45.2 Å². The SMILES string of the molecule is CN(C)CCN1C(CC(C)(C)C)=NC=C(S(=O)(=O)C2CN(O)C2)c2ccccc21. The number of amidine groups is 1. The lowest BCUT2D eigenvalue weighted by molar-refractivity contribution is -0.134. The smallest absolute Gasteiger partial charge is 0.186 e. The van der Waals surface area contributed by atoms with Gasteiger partial charge < -0.3 is 15.0 Å². The van der Waals surface area contributed by atoms with Crippen LogP contribution in [0.4, 0.5) is 5.69 Å². The molecule has 29 heavy (non-hydrogen) atoms. The molecule has 1 aromatic carbocycles. The van der Waals surface area contributed by atoms with E-state index in [-0.39, 0.29) is 23.4 Å². The Morgan fingerprint density at radius 2 is 1.86 bits per heavy atom. The largest absolute Gasteiger partial charge is 0.328 e. The van der Waals surface area contributed by atoms with E-state index in [1.165, 1.54) is 6.20 Å². The van der Waals surface area contributed by atoms with Crippen LogP contribution in [-0.4, -0.2) is 74.9 Å².